The summed E-state index contributed by atoms with van der Waals surface area (Å²) in [6, 6.07) is 1.95. The third kappa shape index (κ3) is 1.57. The average Bonchev–Trinajstić information content (AvgIpc) is 2.94. The Labute approximate surface area is 97.3 Å². The van der Waals surface area contributed by atoms with Crippen molar-refractivity contribution in [2.45, 2.75) is 20.4 Å². The molecule has 86 valence electrons. The molecule has 0 N–H and O–H groups in total. The van der Waals surface area contributed by atoms with E-state index in [4.69, 9.17) is 4.42 Å². The summed E-state index contributed by atoms with van der Waals surface area (Å²) >= 11 is 0. The number of aryl methyl sites for hydroxylation is 2. The standard InChI is InChI=1S/C11H11N5O/c1-3-16-10-8(6-13-16)4-9(5-12-10)11-15-14-7(2)17-11/h4-6H,3H2,1-2H3. The largest absolute Gasteiger partial charge is 0.421 e. The van der Waals surface area contributed by atoms with Gasteiger partial charge in [-0.3, -0.25) is 0 Å². The van der Waals surface area contributed by atoms with Crippen molar-refractivity contribution in [1.29, 1.82) is 0 Å². The van der Waals surface area contributed by atoms with E-state index in [1.54, 1.807) is 19.3 Å². The van der Waals surface area contributed by atoms with Gasteiger partial charge < -0.3 is 4.42 Å². The zero-order valence-corrected chi connectivity index (χ0v) is 9.58. The quantitative estimate of drug-likeness (QED) is 0.670. The molecule has 0 radical (unpaired) electrons. The molecule has 0 aliphatic heterocycles. The highest BCUT2D eigenvalue weighted by molar-refractivity contribution is 5.78. The SMILES string of the molecule is CCn1ncc2cc(-c3nnc(C)o3)cnc21. The molecular formula is C11H11N5O. The number of hydrogen-bond acceptors (Lipinski definition) is 5. The number of pyridine rings is 1. The highest BCUT2D eigenvalue weighted by atomic mass is 16.4. The Kier molecular flexibility index (Phi) is 2.14. The van der Waals surface area contributed by atoms with Gasteiger partial charge in [-0.15, -0.1) is 10.2 Å². The van der Waals surface area contributed by atoms with Gasteiger partial charge in [-0.2, -0.15) is 5.10 Å². The van der Waals surface area contributed by atoms with E-state index in [1.807, 2.05) is 17.7 Å². The van der Waals surface area contributed by atoms with Crippen LogP contribution in [0.3, 0.4) is 0 Å². The predicted octanol–water partition coefficient (Wildman–Crippen LogP) is 1.81. The molecule has 17 heavy (non-hydrogen) atoms. The van der Waals surface area contributed by atoms with Gasteiger partial charge in [0.25, 0.3) is 0 Å². The summed E-state index contributed by atoms with van der Waals surface area (Å²) in [5.41, 5.74) is 1.68. The van der Waals surface area contributed by atoms with Crippen LogP contribution in [0.4, 0.5) is 0 Å². The highest BCUT2D eigenvalue weighted by Gasteiger charge is 2.09. The molecule has 0 atom stereocenters. The fraction of sp³-hybridized carbons (Fsp3) is 0.273. The van der Waals surface area contributed by atoms with E-state index in [1.165, 1.54) is 0 Å². The van der Waals surface area contributed by atoms with Crippen molar-refractivity contribution in [2.75, 3.05) is 0 Å². The second-order valence-electron chi connectivity index (χ2n) is 3.72. The molecule has 0 amide bonds. The number of hydrogen-bond donors (Lipinski definition) is 0. The summed E-state index contributed by atoms with van der Waals surface area (Å²) < 4.78 is 7.21. The summed E-state index contributed by atoms with van der Waals surface area (Å²) in [4.78, 5) is 4.37. The van der Waals surface area contributed by atoms with Crippen LogP contribution in [0, 0.1) is 6.92 Å². The first kappa shape index (κ1) is 9.95. The van der Waals surface area contributed by atoms with Crippen molar-refractivity contribution in [3.8, 4) is 11.5 Å². The Hall–Kier alpha value is -2.24. The number of fused-ring (bicyclic) bond motifs is 1. The van der Waals surface area contributed by atoms with E-state index in [2.05, 4.69) is 20.3 Å². The molecule has 3 heterocycles. The van der Waals surface area contributed by atoms with E-state index < -0.39 is 0 Å². The lowest BCUT2D eigenvalue weighted by Crippen LogP contribution is -1.96. The fourth-order valence-electron chi connectivity index (χ4n) is 1.73. The van der Waals surface area contributed by atoms with Crippen molar-refractivity contribution in [3.63, 3.8) is 0 Å². The highest BCUT2D eigenvalue weighted by Crippen LogP contribution is 2.21. The number of aromatic nitrogens is 5. The topological polar surface area (TPSA) is 69.6 Å². The van der Waals surface area contributed by atoms with Crippen LogP contribution in [0.2, 0.25) is 0 Å². The minimum absolute atomic E-state index is 0.487. The molecular weight excluding hydrogens is 218 g/mol. The van der Waals surface area contributed by atoms with E-state index >= 15 is 0 Å². The lowest BCUT2D eigenvalue weighted by Gasteiger charge is -1.98. The van der Waals surface area contributed by atoms with Crippen LogP contribution in [-0.2, 0) is 6.54 Å². The van der Waals surface area contributed by atoms with Crippen molar-refractivity contribution in [1.82, 2.24) is 25.0 Å². The molecule has 6 nitrogen and oxygen atoms in total. The molecule has 3 aromatic heterocycles. The third-order valence-corrected chi connectivity index (χ3v) is 2.55. The van der Waals surface area contributed by atoms with Gasteiger partial charge in [-0.05, 0) is 13.0 Å². The lowest BCUT2D eigenvalue weighted by atomic mass is 10.2. The summed E-state index contributed by atoms with van der Waals surface area (Å²) in [6.45, 7) is 4.59. The van der Waals surface area contributed by atoms with Crippen molar-refractivity contribution >= 4 is 11.0 Å². The molecule has 0 saturated carbocycles. The number of nitrogens with zero attached hydrogens (tertiary/aromatic N) is 5. The molecule has 3 aromatic rings. The van der Waals surface area contributed by atoms with E-state index in [0.717, 1.165) is 23.1 Å². The van der Waals surface area contributed by atoms with Crippen molar-refractivity contribution in [3.05, 3.63) is 24.4 Å². The Morgan fingerprint density at radius 2 is 2.18 bits per heavy atom. The van der Waals surface area contributed by atoms with Crippen LogP contribution in [-0.4, -0.2) is 25.0 Å². The molecule has 0 aromatic carbocycles. The van der Waals surface area contributed by atoms with E-state index in [9.17, 15) is 0 Å². The monoisotopic (exact) mass is 229 g/mol. The summed E-state index contributed by atoms with van der Waals surface area (Å²) in [6.07, 6.45) is 3.52. The smallest absolute Gasteiger partial charge is 0.249 e. The lowest BCUT2D eigenvalue weighted by molar-refractivity contribution is 0.532. The molecule has 0 bridgehead atoms. The van der Waals surface area contributed by atoms with Gasteiger partial charge in [-0.1, -0.05) is 0 Å². The van der Waals surface area contributed by atoms with Crippen LogP contribution in [0.1, 0.15) is 12.8 Å². The predicted molar refractivity (Wildman–Crippen MR) is 61.2 cm³/mol. The van der Waals surface area contributed by atoms with E-state index in [-0.39, 0.29) is 0 Å². The molecule has 6 heteroatoms. The van der Waals surface area contributed by atoms with Crippen molar-refractivity contribution in [2.24, 2.45) is 0 Å². The molecule has 0 fully saturated rings. The third-order valence-electron chi connectivity index (χ3n) is 2.55. The normalized spacial score (nSPS) is 11.2. The van der Waals surface area contributed by atoms with Gasteiger partial charge in [-0.25, -0.2) is 9.67 Å². The maximum Gasteiger partial charge on any atom is 0.249 e. The molecule has 0 unspecified atom stereocenters. The molecule has 0 aliphatic carbocycles. The first-order valence-electron chi connectivity index (χ1n) is 5.40. The zero-order valence-electron chi connectivity index (χ0n) is 9.58. The molecule has 0 aliphatic rings. The van der Waals surface area contributed by atoms with Gasteiger partial charge in [0.15, 0.2) is 5.65 Å². The van der Waals surface area contributed by atoms with Gasteiger partial charge in [0.05, 0.1) is 11.8 Å². The summed E-state index contributed by atoms with van der Waals surface area (Å²) in [7, 11) is 0. The molecule has 0 spiro atoms. The zero-order chi connectivity index (χ0) is 11.8. The second-order valence-corrected chi connectivity index (χ2v) is 3.72. The van der Waals surface area contributed by atoms with Crippen LogP contribution < -0.4 is 0 Å². The van der Waals surface area contributed by atoms with E-state index in [0.29, 0.717) is 11.8 Å². The van der Waals surface area contributed by atoms with Crippen molar-refractivity contribution < 1.29 is 4.42 Å². The minimum atomic E-state index is 0.487. The Balaban J connectivity index is 2.14. The molecule has 3 rings (SSSR count). The van der Waals surface area contributed by atoms with Crippen LogP contribution in [0.25, 0.3) is 22.5 Å². The Morgan fingerprint density at radius 3 is 2.88 bits per heavy atom. The average molecular weight is 229 g/mol. The second kappa shape index (κ2) is 3.65. The maximum absolute atomic E-state index is 5.36. The van der Waals surface area contributed by atoms with Crippen LogP contribution >= 0.6 is 0 Å². The fourth-order valence-corrected chi connectivity index (χ4v) is 1.73. The van der Waals surface area contributed by atoms with Crippen LogP contribution in [0.15, 0.2) is 22.9 Å². The van der Waals surface area contributed by atoms with Gasteiger partial charge in [0.2, 0.25) is 11.8 Å². The Bertz CT molecular complexity index is 669. The number of rotatable bonds is 2. The minimum Gasteiger partial charge on any atom is -0.421 e. The van der Waals surface area contributed by atoms with Gasteiger partial charge >= 0.3 is 0 Å². The summed E-state index contributed by atoms with van der Waals surface area (Å²) in [5, 5.41) is 13.0. The van der Waals surface area contributed by atoms with Gasteiger partial charge in [0.1, 0.15) is 0 Å². The summed E-state index contributed by atoms with van der Waals surface area (Å²) in [5.74, 6) is 1.03. The Morgan fingerprint density at radius 1 is 1.29 bits per heavy atom. The van der Waals surface area contributed by atoms with Gasteiger partial charge in [0, 0.05) is 25.1 Å². The first-order chi connectivity index (χ1) is 8.28. The first-order valence-corrected chi connectivity index (χ1v) is 5.40. The van der Waals surface area contributed by atoms with Crippen LogP contribution in [0.5, 0.6) is 0 Å². The molecule has 0 saturated heterocycles. The maximum atomic E-state index is 5.36.